The van der Waals surface area contributed by atoms with Crippen LogP contribution >= 0.6 is 11.5 Å². The van der Waals surface area contributed by atoms with Gasteiger partial charge < -0.3 is 15.4 Å². The van der Waals surface area contributed by atoms with Crippen molar-refractivity contribution >= 4 is 22.4 Å². The second-order valence-corrected chi connectivity index (χ2v) is 4.13. The molecule has 0 bridgehead atoms. The largest absolute Gasteiger partial charge is 0.484 e. The summed E-state index contributed by atoms with van der Waals surface area (Å²) in [4.78, 5) is 2.08. The van der Waals surface area contributed by atoms with E-state index in [1.807, 2.05) is 20.9 Å². The fourth-order valence-corrected chi connectivity index (χ4v) is 1.79. The molecule has 2 N–H and O–H groups in total. The normalized spacial score (nSPS) is 10.6. The molecule has 14 heavy (non-hydrogen) atoms. The van der Waals surface area contributed by atoms with Crippen LogP contribution in [0.5, 0.6) is 5.75 Å². The first kappa shape index (κ1) is 11.1. The summed E-state index contributed by atoms with van der Waals surface area (Å²) < 4.78 is 9.71. The summed E-state index contributed by atoms with van der Waals surface area (Å²) in [5, 5.41) is 0.999. The molecule has 5 heteroatoms. The molecule has 0 radical (unpaired) electrons. The van der Waals surface area contributed by atoms with Gasteiger partial charge in [-0.2, -0.15) is 4.37 Å². The van der Waals surface area contributed by atoms with Gasteiger partial charge in [-0.15, -0.1) is 0 Å². The minimum absolute atomic E-state index is 0.123. The van der Waals surface area contributed by atoms with Crippen molar-refractivity contribution in [3.63, 3.8) is 0 Å². The van der Waals surface area contributed by atoms with Gasteiger partial charge in [-0.25, -0.2) is 0 Å². The number of nitrogens with two attached hydrogens (primary N) is 1. The molecule has 4 nitrogen and oxygen atoms in total. The van der Waals surface area contributed by atoms with Crippen LogP contribution in [0.25, 0.3) is 0 Å². The Morgan fingerprint density at radius 1 is 1.57 bits per heavy atom. The lowest BCUT2D eigenvalue weighted by Gasteiger charge is -2.17. The summed E-state index contributed by atoms with van der Waals surface area (Å²) in [5.41, 5.74) is 5.73. The molecule has 0 fully saturated rings. The summed E-state index contributed by atoms with van der Waals surface area (Å²) >= 11 is 1.38. The minimum Gasteiger partial charge on any atom is -0.484 e. The molecule has 0 aliphatic heterocycles. The third kappa shape index (κ3) is 2.29. The van der Waals surface area contributed by atoms with E-state index in [1.165, 1.54) is 11.5 Å². The van der Waals surface area contributed by atoms with Crippen LogP contribution in [0.15, 0.2) is 0 Å². The number of aromatic nitrogens is 1. The van der Waals surface area contributed by atoms with E-state index in [0.717, 1.165) is 11.5 Å². The molecule has 0 amide bonds. The molecule has 1 aromatic heterocycles. The van der Waals surface area contributed by atoms with Crippen LogP contribution in [0.2, 0.25) is 0 Å². The van der Waals surface area contributed by atoms with Gasteiger partial charge >= 0.3 is 0 Å². The molecule has 0 unspecified atom stereocenters. The van der Waals surface area contributed by atoms with Crippen molar-refractivity contribution in [2.24, 2.45) is 0 Å². The van der Waals surface area contributed by atoms with Crippen molar-refractivity contribution in [2.45, 2.75) is 26.9 Å². The third-order valence-corrected chi connectivity index (χ3v) is 2.79. The zero-order chi connectivity index (χ0) is 10.7. The smallest absolute Gasteiger partial charge is 0.198 e. The Kier molecular flexibility index (Phi) is 3.57. The van der Waals surface area contributed by atoms with Crippen LogP contribution in [-0.4, -0.2) is 24.1 Å². The fraction of sp³-hybridized carbons (Fsp3) is 0.667. The Bertz CT molecular complexity index is 298. The molecule has 1 rings (SSSR count). The zero-order valence-corrected chi connectivity index (χ0v) is 9.89. The lowest BCUT2D eigenvalue weighted by molar-refractivity contribution is 0.245. The van der Waals surface area contributed by atoms with E-state index < -0.39 is 0 Å². The highest BCUT2D eigenvalue weighted by Gasteiger charge is 2.16. The zero-order valence-electron chi connectivity index (χ0n) is 9.07. The van der Waals surface area contributed by atoms with E-state index in [4.69, 9.17) is 10.5 Å². The molecule has 0 spiro atoms. The number of nitrogen functional groups attached to an aromatic ring is 1. The first-order valence-corrected chi connectivity index (χ1v) is 5.46. The Morgan fingerprint density at radius 3 is 2.71 bits per heavy atom. The van der Waals surface area contributed by atoms with Crippen molar-refractivity contribution in [1.82, 2.24) is 4.37 Å². The van der Waals surface area contributed by atoms with Crippen molar-refractivity contribution in [3.05, 3.63) is 0 Å². The lowest BCUT2D eigenvalue weighted by Crippen LogP contribution is -2.16. The first-order valence-electron chi connectivity index (χ1n) is 4.69. The van der Waals surface area contributed by atoms with Gasteiger partial charge in [-0.3, -0.25) is 0 Å². The lowest BCUT2D eigenvalue weighted by atomic mass is 10.4. The van der Waals surface area contributed by atoms with Gasteiger partial charge in [0.25, 0.3) is 0 Å². The Morgan fingerprint density at radius 2 is 2.21 bits per heavy atom. The second kappa shape index (κ2) is 4.50. The predicted octanol–water partition coefficient (Wildman–Crippen LogP) is 1.97. The summed E-state index contributed by atoms with van der Waals surface area (Å²) in [7, 11) is 2.00. The van der Waals surface area contributed by atoms with Crippen molar-refractivity contribution in [2.75, 3.05) is 24.2 Å². The molecule has 1 aromatic rings. The maximum atomic E-state index is 5.73. The maximum Gasteiger partial charge on any atom is 0.198 e. The van der Waals surface area contributed by atoms with Crippen molar-refractivity contribution in [3.8, 4) is 5.75 Å². The Balaban J connectivity index is 2.93. The standard InChI is InChI=1S/C9H17N3OS/c1-5-12(4)9-7(13-6(2)3)8(10)11-14-9/h6H,5H2,1-4H3,(H2,10,11). The number of anilines is 2. The highest BCUT2D eigenvalue weighted by molar-refractivity contribution is 7.11. The third-order valence-electron chi connectivity index (χ3n) is 1.83. The van der Waals surface area contributed by atoms with Gasteiger partial charge in [0.1, 0.15) is 0 Å². The second-order valence-electron chi connectivity index (χ2n) is 3.38. The van der Waals surface area contributed by atoms with Crippen LogP contribution in [0.1, 0.15) is 20.8 Å². The quantitative estimate of drug-likeness (QED) is 0.834. The van der Waals surface area contributed by atoms with Crippen LogP contribution in [0.4, 0.5) is 10.8 Å². The number of hydrogen-bond acceptors (Lipinski definition) is 5. The molecule has 1 heterocycles. The molecular formula is C9H17N3OS. The number of hydrogen-bond donors (Lipinski definition) is 1. The van der Waals surface area contributed by atoms with Crippen LogP contribution in [-0.2, 0) is 0 Å². The predicted molar refractivity (Wildman–Crippen MR) is 61.2 cm³/mol. The molecule has 0 aliphatic carbocycles. The summed E-state index contributed by atoms with van der Waals surface area (Å²) in [6, 6.07) is 0. The SMILES string of the molecule is CCN(C)c1snc(N)c1OC(C)C. The Hall–Kier alpha value is -0.970. The van der Waals surface area contributed by atoms with Gasteiger partial charge in [0.15, 0.2) is 16.6 Å². The van der Waals surface area contributed by atoms with E-state index in [9.17, 15) is 0 Å². The van der Waals surface area contributed by atoms with Gasteiger partial charge in [0, 0.05) is 13.6 Å². The monoisotopic (exact) mass is 215 g/mol. The van der Waals surface area contributed by atoms with Crippen molar-refractivity contribution < 1.29 is 4.74 Å². The minimum atomic E-state index is 0.123. The average molecular weight is 215 g/mol. The number of rotatable bonds is 4. The van der Waals surface area contributed by atoms with Gasteiger partial charge in [-0.05, 0) is 32.3 Å². The van der Waals surface area contributed by atoms with Crippen molar-refractivity contribution in [1.29, 1.82) is 0 Å². The van der Waals surface area contributed by atoms with E-state index in [2.05, 4.69) is 16.2 Å². The van der Waals surface area contributed by atoms with Gasteiger partial charge in [0.05, 0.1) is 6.10 Å². The highest BCUT2D eigenvalue weighted by atomic mass is 32.1. The fourth-order valence-electron chi connectivity index (χ4n) is 1.02. The molecule has 0 aromatic carbocycles. The summed E-state index contributed by atoms with van der Waals surface area (Å²) in [6.45, 7) is 6.95. The topological polar surface area (TPSA) is 51.4 Å². The molecule has 80 valence electrons. The van der Waals surface area contributed by atoms with Crippen LogP contribution < -0.4 is 15.4 Å². The van der Waals surface area contributed by atoms with Crippen LogP contribution in [0, 0.1) is 0 Å². The van der Waals surface area contributed by atoms with E-state index in [1.54, 1.807) is 0 Å². The number of ether oxygens (including phenoxy) is 1. The van der Waals surface area contributed by atoms with E-state index >= 15 is 0 Å². The average Bonchev–Trinajstić information content (AvgIpc) is 2.46. The van der Waals surface area contributed by atoms with E-state index in [-0.39, 0.29) is 6.10 Å². The summed E-state index contributed by atoms with van der Waals surface area (Å²) in [6.07, 6.45) is 0.123. The first-order chi connectivity index (χ1) is 6.56. The Labute approximate surface area is 88.8 Å². The molecule has 0 saturated heterocycles. The number of nitrogens with zero attached hydrogens (tertiary/aromatic N) is 2. The molecule has 0 aliphatic rings. The molecule has 0 atom stereocenters. The van der Waals surface area contributed by atoms with Gasteiger partial charge in [0.2, 0.25) is 0 Å². The highest BCUT2D eigenvalue weighted by Crippen LogP contribution is 2.37. The van der Waals surface area contributed by atoms with Crippen LogP contribution in [0.3, 0.4) is 0 Å². The summed E-state index contributed by atoms with van der Waals surface area (Å²) in [5.74, 6) is 1.20. The maximum absolute atomic E-state index is 5.73. The molecule has 0 saturated carbocycles. The van der Waals surface area contributed by atoms with Gasteiger partial charge in [-0.1, -0.05) is 0 Å². The molecular weight excluding hydrogens is 198 g/mol. The van der Waals surface area contributed by atoms with E-state index in [0.29, 0.717) is 11.6 Å².